The van der Waals surface area contributed by atoms with Crippen molar-refractivity contribution in [3.05, 3.63) is 35.4 Å². The Morgan fingerprint density at radius 1 is 1.05 bits per heavy atom. The van der Waals surface area contributed by atoms with Crippen molar-refractivity contribution in [2.45, 2.75) is 13.8 Å². The zero-order chi connectivity index (χ0) is 15.2. The topological polar surface area (TPSA) is 56.3 Å². The minimum Gasteiger partial charge on any atom is -0.490 e. The van der Waals surface area contributed by atoms with E-state index in [1.54, 1.807) is 7.11 Å². The van der Waals surface area contributed by atoms with Crippen LogP contribution in [0.15, 0.2) is 24.3 Å². The lowest BCUT2D eigenvalue weighted by atomic mass is 10.0. The predicted molar refractivity (Wildman–Crippen MR) is 83.9 cm³/mol. The zero-order valence-corrected chi connectivity index (χ0v) is 12.9. The van der Waals surface area contributed by atoms with Crippen LogP contribution in [0.3, 0.4) is 0 Å². The Labute approximate surface area is 125 Å². The van der Waals surface area contributed by atoms with Gasteiger partial charge in [-0.05, 0) is 37.1 Å². The molecule has 0 radical (unpaired) electrons. The van der Waals surface area contributed by atoms with Gasteiger partial charge >= 0.3 is 0 Å². The average Bonchev–Trinajstić information content (AvgIpc) is 2.51. The fourth-order valence-corrected chi connectivity index (χ4v) is 2.12. The van der Waals surface area contributed by atoms with Crippen LogP contribution in [0.4, 0.5) is 5.82 Å². The molecule has 0 amide bonds. The first-order chi connectivity index (χ1) is 10.2. The smallest absolute Gasteiger partial charge is 0.151 e. The lowest BCUT2D eigenvalue weighted by Crippen LogP contribution is -2.07. The van der Waals surface area contributed by atoms with Gasteiger partial charge in [-0.15, -0.1) is 10.2 Å². The van der Waals surface area contributed by atoms with E-state index >= 15 is 0 Å². The molecule has 2 rings (SSSR count). The summed E-state index contributed by atoms with van der Waals surface area (Å²) in [4.78, 5) is 0. The highest BCUT2D eigenvalue weighted by atomic mass is 16.5. The third-order valence-electron chi connectivity index (χ3n) is 3.45. The molecule has 1 aromatic heterocycles. The number of para-hydroxylation sites is 1. The number of nitrogens with zero attached hydrogens (tertiary/aromatic N) is 2. The number of hydrogen-bond acceptors (Lipinski definition) is 5. The Hall–Kier alpha value is -2.14. The van der Waals surface area contributed by atoms with Crippen LogP contribution in [0, 0.1) is 13.8 Å². The second-order valence-corrected chi connectivity index (χ2v) is 4.73. The molecule has 2 aromatic rings. The van der Waals surface area contributed by atoms with Crippen LogP contribution in [0.25, 0.3) is 11.3 Å². The summed E-state index contributed by atoms with van der Waals surface area (Å²) < 4.78 is 10.8. The highest BCUT2D eigenvalue weighted by Gasteiger charge is 2.14. The second-order valence-electron chi connectivity index (χ2n) is 4.73. The molecule has 0 aliphatic carbocycles. The van der Waals surface area contributed by atoms with Crippen LogP contribution >= 0.6 is 0 Å². The van der Waals surface area contributed by atoms with Gasteiger partial charge in [0.2, 0.25) is 0 Å². The van der Waals surface area contributed by atoms with Crippen molar-refractivity contribution in [1.82, 2.24) is 10.2 Å². The molecule has 1 heterocycles. The largest absolute Gasteiger partial charge is 0.490 e. The summed E-state index contributed by atoms with van der Waals surface area (Å²) >= 11 is 0. The van der Waals surface area contributed by atoms with E-state index in [1.807, 2.05) is 45.2 Å². The third kappa shape index (κ3) is 3.31. The first-order valence-electron chi connectivity index (χ1n) is 6.91. The molecule has 1 aromatic carbocycles. The first kappa shape index (κ1) is 15.3. The molecule has 0 spiro atoms. The van der Waals surface area contributed by atoms with E-state index in [4.69, 9.17) is 9.47 Å². The van der Waals surface area contributed by atoms with Crippen molar-refractivity contribution in [1.29, 1.82) is 0 Å². The maximum atomic E-state index is 5.77. The molecular formula is C16H21N3O2. The summed E-state index contributed by atoms with van der Waals surface area (Å²) in [7, 11) is 3.50. The van der Waals surface area contributed by atoms with Crippen molar-refractivity contribution in [2.24, 2.45) is 0 Å². The van der Waals surface area contributed by atoms with Crippen molar-refractivity contribution in [3.8, 4) is 17.0 Å². The van der Waals surface area contributed by atoms with E-state index in [-0.39, 0.29) is 0 Å². The number of hydrogen-bond donors (Lipinski definition) is 1. The Morgan fingerprint density at radius 3 is 2.52 bits per heavy atom. The summed E-state index contributed by atoms with van der Waals surface area (Å²) in [6.07, 6.45) is 0. The highest BCUT2D eigenvalue weighted by molar-refractivity contribution is 5.71. The normalized spacial score (nSPS) is 10.5. The molecule has 0 saturated heterocycles. The van der Waals surface area contributed by atoms with Gasteiger partial charge in [-0.25, -0.2) is 0 Å². The van der Waals surface area contributed by atoms with Gasteiger partial charge < -0.3 is 14.8 Å². The molecule has 0 unspecified atom stereocenters. The monoisotopic (exact) mass is 287 g/mol. The average molecular weight is 287 g/mol. The summed E-state index contributed by atoms with van der Waals surface area (Å²) in [6.45, 7) is 5.14. The quantitative estimate of drug-likeness (QED) is 0.828. The van der Waals surface area contributed by atoms with E-state index in [0.29, 0.717) is 13.2 Å². The number of nitrogens with one attached hydrogen (secondary N) is 1. The van der Waals surface area contributed by atoms with Crippen molar-refractivity contribution >= 4 is 5.82 Å². The van der Waals surface area contributed by atoms with Gasteiger partial charge in [-0.2, -0.15) is 0 Å². The number of aromatic nitrogens is 2. The Kier molecular flexibility index (Phi) is 5.11. The summed E-state index contributed by atoms with van der Waals surface area (Å²) in [5, 5.41) is 11.6. The van der Waals surface area contributed by atoms with E-state index in [1.165, 1.54) is 0 Å². The van der Waals surface area contributed by atoms with E-state index < -0.39 is 0 Å². The van der Waals surface area contributed by atoms with Gasteiger partial charge in [0.05, 0.1) is 12.3 Å². The fraction of sp³-hybridized carbons (Fsp3) is 0.375. The molecule has 0 aliphatic rings. The molecule has 112 valence electrons. The van der Waals surface area contributed by atoms with Crippen molar-refractivity contribution in [2.75, 3.05) is 32.7 Å². The standard InChI is InChI=1S/C16H21N3O2/c1-11-12(2)16(17-3)19-18-15(11)13-7-5-6-8-14(13)21-10-9-20-4/h5-8H,9-10H2,1-4H3,(H,17,19). The number of rotatable bonds is 6. The molecule has 0 atom stereocenters. The van der Waals surface area contributed by atoms with E-state index in [2.05, 4.69) is 15.5 Å². The zero-order valence-electron chi connectivity index (χ0n) is 12.9. The van der Waals surface area contributed by atoms with Gasteiger partial charge in [0.1, 0.15) is 12.4 Å². The Bertz CT molecular complexity index is 614. The van der Waals surface area contributed by atoms with Crippen LogP contribution in [-0.4, -0.2) is 37.6 Å². The van der Waals surface area contributed by atoms with E-state index in [0.717, 1.165) is 34.0 Å². The maximum Gasteiger partial charge on any atom is 0.151 e. The number of methoxy groups -OCH3 is 1. The molecule has 0 fully saturated rings. The molecule has 5 heteroatoms. The van der Waals surface area contributed by atoms with Gasteiger partial charge in [-0.1, -0.05) is 12.1 Å². The lowest BCUT2D eigenvalue weighted by Gasteiger charge is -2.14. The summed E-state index contributed by atoms with van der Waals surface area (Å²) in [5.74, 6) is 1.59. The van der Waals surface area contributed by atoms with Crippen LogP contribution < -0.4 is 10.1 Å². The Morgan fingerprint density at radius 2 is 1.81 bits per heavy atom. The van der Waals surface area contributed by atoms with Crippen LogP contribution in [-0.2, 0) is 4.74 Å². The van der Waals surface area contributed by atoms with Crippen LogP contribution in [0.5, 0.6) is 5.75 Å². The van der Waals surface area contributed by atoms with E-state index in [9.17, 15) is 0 Å². The molecular weight excluding hydrogens is 266 g/mol. The predicted octanol–water partition coefficient (Wildman–Crippen LogP) is 2.83. The van der Waals surface area contributed by atoms with Gasteiger partial charge in [0.25, 0.3) is 0 Å². The fourth-order valence-electron chi connectivity index (χ4n) is 2.12. The SMILES string of the molecule is CNc1nnc(-c2ccccc2OCCOC)c(C)c1C. The van der Waals surface area contributed by atoms with Crippen molar-refractivity contribution < 1.29 is 9.47 Å². The molecule has 0 aliphatic heterocycles. The summed E-state index contributed by atoms with van der Waals surface area (Å²) in [6, 6.07) is 7.86. The molecule has 5 nitrogen and oxygen atoms in total. The van der Waals surface area contributed by atoms with Gasteiger partial charge in [-0.3, -0.25) is 0 Å². The van der Waals surface area contributed by atoms with Crippen molar-refractivity contribution in [3.63, 3.8) is 0 Å². The number of benzene rings is 1. The minimum atomic E-state index is 0.508. The third-order valence-corrected chi connectivity index (χ3v) is 3.45. The molecule has 21 heavy (non-hydrogen) atoms. The minimum absolute atomic E-state index is 0.508. The van der Waals surface area contributed by atoms with Crippen LogP contribution in [0.1, 0.15) is 11.1 Å². The highest BCUT2D eigenvalue weighted by Crippen LogP contribution is 2.32. The first-order valence-corrected chi connectivity index (χ1v) is 6.91. The lowest BCUT2D eigenvalue weighted by molar-refractivity contribution is 0.146. The number of ether oxygens (including phenoxy) is 2. The molecule has 1 N–H and O–H groups in total. The maximum absolute atomic E-state index is 5.77. The molecule has 0 bridgehead atoms. The van der Waals surface area contributed by atoms with Gasteiger partial charge in [0, 0.05) is 19.7 Å². The summed E-state index contributed by atoms with van der Waals surface area (Å²) in [5.41, 5.74) is 3.98. The Balaban J connectivity index is 2.40. The molecule has 0 saturated carbocycles. The van der Waals surface area contributed by atoms with Gasteiger partial charge in [0.15, 0.2) is 5.82 Å². The van der Waals surface area contributed by atoms with Crippen LogP contribution in [0.2, 0.25) is 0 Å². The second kappa shape index (κ2) is 7.04. The number of anilines is 1.